The molecule has 0 aromatic carbocycles. The maximum absolute atomic E-state index is 13.0. The van der Waals surface area contributed by atoms with Crippen molar-refractivity contribution in [2.45, 2.75) is 63.6 Å². The summed E-state index contributed by atoms with van der Waals surface area (Å²) in [5.74, 6) is -3.22. The number of carbonyl (C=O) groups excluding carboxylic acids is 1. The number of halogens is 2. The van der Waals surface area contributed by atoms with E-state index in [2.05, 4.69) is 10.6 Å². The fraction of sp³-hybridized carbons (Fsp3) is 0.867. The molecule has 2 saturated carbocycles. The smallest absolute Gasteiger partial charge is 0.317 e. The monoisotopic (exact) mass is 333 g/mol. The summed E-state index contributed by atoms with van der Waals surface area (Å²) in [6.07, 6.45) is 3.61. The van der Waals surface area contributed by atoms with E-state index in [-0.39, 0.29) is 18.6 Å². The van der Waals surface area contributed by atoms with E-state index in [1.807, 2.05) is 4.90 Å². The number of carbonyl (C=O) groups is 2. The number of aliphatic carboxylic acids is 1. The van der Waals surface area contributed by atoms with Gasteiger partial charge < -0.3 is 15.7 Å². The summed E-state index contributed by atoms with van der Waals surface area (Å²) in [5.41, 5.74) is 0. The second-order valence-electron chi connectivity index (χ2n) is 6.88. The van der Waals surface area contributed by atoms with Crippen molar-refractivity contribution in [3.05, 3.63) is 0 Å². The maximum Gasteiger partial charge on any atom is 0.317 e. The van der Waals surface area contributed by atoms with Gasteiger partial charge in [-0.05, 0) is 38.5 Å². The molecule has 2 amide bonds. The lowest BCUT2D eigenvalue weighted by Gasteiger charge is -2.42. The first kappa shape index (κ1) is 17.9. The van der Waals surface area contributed by atoms with Crippen molar-refractivity contribution in [3.63, 3.8) is 0 Å². The number of amides is 2. The molecule has 0 heterocycles. The second kappa shape index (κ2) is 6.98. The topological polar surface area (TPSA) is 81.7 Å². The number of nitrogens with one attached hydrogen (secondary N) is 2. The predicted molar refractivity (Wildman–Crippen MR) is 80.5 cm³/mol. The van der Waals surface area contributed by atoms with Gasteiger partial charge in [0, 0.05) is 25.6 Å². The van der Waals surface area contributed by atoms with Crippen LogP contribution in [-0.2, 0) is 4.79 Å². The van der Waals surface area contributed by atoms with Crippen LogP contribution >= 0.6 is 0 Å². The molecule has 2 aliphatic rings. The van der Waals surface area contributed by atoms with Gasteiger partial charge in [0.05, 0.1) is 12.6 Å². The molecule has 0 aromatic rings. The Hall–Kier alpha value is -1.44. The van der Waals surface area contributed by atoms with Gasteiger partial charge in [-0.15, -0.1) is 0 Å². The van der Waals surface area contributed by atoms with Crippen molar-refractivity contribution < 1.29 is 23.5 Å². The summed E-state index contributed by atoms with van der Waals surface area (Å²) in [7, 11) is 0. The Morgan fingerprint density at radius 1 is 1.35 bits per heavy atom. The average molecular weight is 333 g/mol. The van der Waals surface area contributed by atoms with Crippen LogP contribution in [0.1, 0.15) is 39.5 Å². The third-order valence-electron chi connectivity index (χ3n) is 4.60. The normalized spacial score (nSPS) is 25.6. The van der Waals surface area contributed by atoms with Gasteiger partial charge in [-0.2, -0.15) is 0 Å². The van der Waals surface area contributed by atoms with E-state index in [9.17, 15) is 18.4 Å². The minimum atomic E-state index is -2.97. The van der Waals surface area contributed by atoms with Crippen LogP contribution in [0.15, 0.2) is 0 Å². The van der Waals surface area contributed by atoms with Crippen LogP contribution < -0.4 is 10.6 Å². The first-order valence-corrected chi connectivity index (χ1v) is 8.06. The number of urea groups is 1. The number of alkyl halides is 2. The Balaban J connectivity index is 1.72. The summed E-state index contributed by atoms with van der Waals surface area (Å²) in [4.78, 5) is 24.6. The van der Waals surface area contributed by atoms with E-state index in [4.69, 9.17) is 5.11 Å². The highest BCUT2D eigenvalue weighted by atomic mass is 19.3. The van der Waals surface area contributed by atoms with Crippen molar-refractivity contribution in [2.24, 2.45) is 5.92 Å². The van der Waals surface area contributed by atoms with Crippen molar-refractivity contribution in [2.75, 3.05) is 13.1 Å². The van der Waals surface area contributed by atoms with Gasteiger partial charge in [0.15, 0.2) is 0 Å². The van der Waals surface area contributed by atoms with Crippen molar-refractivity contribution in [3.8, 4) is 0 Å². The van der Waals surface area contributed by atoms with Crippen molar-refractivity contribution in [1.82, 2.24) is 15.5 Å². The maximum atomic E-state index is 13.0. The predicted octanol–water partition coefficient (Wildman–Crippen LogP) is 1.66. The molecule has 6 nitrogen and oxygen atoms in total. The zero-order valence-electron chi connectivity index (χ0n) is 13.5. The molecular formula is C15H25F2N3O3. The molecule has 1 atom stereocenters. The number of carboxylic acid groups (broad SMARTS) is 1. The lowest BCUT2D eigenvalue weighted by Crippen LogP contribution is -2.58. The Morgan fingerprint density at radius 3 is 2.43 bits per heavy atom. The number of nitrogens with zero attached hydrogens (tertiary/aromatic N) is 1. The number of hydrogen-bond donors (Lipinski definition) is 3. The van der Waals surface area contributed by atoms with Crippen LogP contribution in [0.5, 0.6) is 0 Å². The van der Waals surface area contributed by atoms with Gasteiger partial charge in [0.2, 0.25) is 0 Å². The van der Waals surface area contributed by atoms with E-state index in [0.29, 0.717) is 18.8 Å². The van der Waals surface area contributed by atoms with Crippen LogP contribution in [0.4, 0.5) is 13.6 Å². The molecule has 0 saturated heterocycles. The summed E-state index contributed by atoms with van der Waals surface area (Å²) in [6, 6.07) is -1.79. The van der Waals surface area contributed by atoms with Crippen molar-refractivity contribution >= 4 is 12.0 Å². The van der Waals surface area contributed by atoms with Crippen LogP contribution in [-0.4, -0.2) is 59.1 Å². The molecule has 8 heteroatoms. The number of carboxylic acids is 1. The fourth-order valence-corrected chi connectivity index (χ4v) is 2.70. The molecule has 2 aliphatic carbocycles. The molecule has 0 aliphatic heterocycles. The summed E-state index contributed by atoms with van der Waals surface area (Å²) < 4.78 is 26.0. The quantitative estimate of drug-likeness (QED) is 0.631. The molecule has 3 N–H and O–H groups in total. The van der Waals surface area contributed by atoms with Crippen LogP contribution in [0.25, 0.3) is 0 Å². The highest BCUT2D eigenvalue weighted by Gasteiger charge is 2.38. The van der Waals surface area contributed by atoms with Gasteiger partial charge >= 0.3 is 12.0 Å². The first-order chi connectivity index (χ1) is 10.6. The SMILES string of the molecule is CC(NC(=O)NC1CC(N(CC(=O)O)CC2CC2)C1)C(C)(F)F. The van der Waals surface area contributed by atoms with Crippen LogP contribution in [0, 0.1) is 5.92 Å². The second-order valence-corrected chi connectivity index (χ2v) is 6.88. The van der Waals surface area contributed by atoms with Crippen LogP contribution in [0.3, 0.4) is 0 Å². The molecule has 1 unspecified atom stereocenters. The molecule has 0 radical (unpaired) electrons. The summed E-state index contributed by atoms with van der Waals surface area (Å²) >= 11 is 0. The van der Waals surface area contributed by atoms with E-state index in [0.717, 1.165) is 26.3 Å². The number of rotatable bonds is 8. The largest absolute Gasteiger partial charge is 0.480 e. The standard InChI is InChI=1S/C15H25F2N3O3/c1-9(15(2,16)17)18-14(23)19-11-5-12(6-11)20(8-13(21)22)7-10-3-4-10/h9-12H,3-8H2,1-2H3,(H,21,22)(H2,18,19,23). The van der Waals surface area contributed by atoms with Gasteiger partial charge in [-0.25, -0.2) is 13.6 Å². The molecule has 0 bridgehead atoms. The highest BCUT2D eigenvalue weighted by molar-refractivity contribution is 5.74. The first-order valence-electron chi connectivity index (χ1n) is 8.06. The Bertz CT molecular complexity index is 446. The zero-order valence-corrected chi connectivity index (χ0v) is 13.5. The fourth-order valence-electron chi connectivity index (χ4n) is 2.70. The summed E-state index contributed by atoms with van der Waals surface area (Å²) in [5, 5.41) is 13.9. The highest BCUT2D eigenvalue weighted by Crippen LogP contribution is 2.33. The molecule has 23 heavy (non-hydrogen) atoms. The average Bonchev–Trinajstić information content (AvgIpc) is 3.14. The van der Waals surface area contributed by atoms with E-state index < -0.39 is 24.0 Å². The third-order valence-corrected chi connectivity index (χ3v) is 4.60. The van der Waals surface area contributed by atoms with Crippen LogP contribution in [0.2, 0.25) is 0 Å². The van der Waals surface area contributed by atoms with Gasteiger partial charge in [0.1, 0.15) is 0 Å². The Labute approximate surface area is 134 Å². The third kappa shape index (κ3) is 5.60. The van der Waals surface area contributed by atoms with E-state index in [1.165, 1.54) is 6.92 Å². The van der Waals surface area contributed by atoms with Gasteiger partial charge in [-0.1, -0.05) is 0 Å². The molecule has 2 fully saturated rings. The number of hydrogen-bond acceptors (Lipinski definition) is 3. The summed E-state index contributed by atoms with van der Waals surface area (Å²) in [6.45, 7) is 2.82. The molecule has 132 valence electrons. The Morgan fingerprint density at radius 2 is 1.96 bits per heavy atom. The van der Waals surface area contributed by atoms with Crippen molar-refractivity contribution in [1.29, 1.82) is 0 Å². The molecule has 2 rings (SSSR count). The van der Waals surface area contributed by atoms with Gasteiger partial charge in [0.25, 0.3) is 5.92 Å². The minimum absolute atomic E-state index is 0.0131. The lowest BCUT2D eigenvalue weighted by molar-refractivity contribution is -0.139. The van der Waals surface area contributed by atoms with Gasteiger partial charge in [-0.3, -0.25) is 9.69 Å². The molecular weight excluding hydrogens is 308 g/mol. The molecule has 0 spiro atoms. The minimum Gasteiger partial charge on any atom is -0.480 e. The van der Waals surface area contributed by atoms with E-state index >= 15 is 0 Å². The lowest BCUT2D eigenvalue weighted by atomic mass is 9.85. The van der Waals surface area contributed by atoms with E-state index in [1.54, 1.807) is 0 Å². The zero-order chi connectivity index (χ0) is 17.2. The molecule has 0 aromatic heterocycles. The Kier molecular flexibility index (Phi) is 5.44.